The molecule has 0 saturated carbocycles. The molecule has 118 valence electrons. The van der Waals surface area contributed by atoms with Crippen LogP contribution in [0.1, 0.15) is 11.1 Å². The summed E-state index contributed by atoms with van der Waals surface area (Å²) in [7, 11) is 2.05. The highest BCUT2D eigenvalue weighted by Gasteiger charge is 2.13. The van der Waals surface area contributed by atoms with Crippen molar-refractivity contribution in [3.05, 3.63) is 53.6 Å². The molecular formula is C18H18N2O3. The SMILES string of the molecule is CN(CCOc1ccc(C#N)cc1)Cc1ccc2c(c1)OCO2. The minimum Gasteiger partial charge on any atom is -0.492 e. The summed E-state index contributed by atoms with van der Waals surface area (Å²) in [5, 5.41) is 8.76. The van der Waals surface area contributed by atoms with E-state index in [9.17, 15) is 0 Å². The van der Waals surface area contributed by atoms with Crippen LogP contribution in [0.5, 0.6) is 17.2 Å². The lowest BCUT2D eigenvalue weighted by Crippen LogP contribution is -2.23. The topological polar surface area (TPSA) is 54.7 Å². The van der Waals surface area contributed by atoms with Crippen LogP contribution in [0, 0.1) is 11.3 Å². The molecule has 0 aliphatic carbocycles. The number of benzene rings is 2. The quantitative estimate of drug-likeness (QED) is 0.821. The molecule has 3 rings (SSSR count). The van der Waals surface area contributed by atoms with Gasteiger partial charge < -0.3 is 14.2 Å². The maximum Gasteiger partial charge on any atom is 0.231 e. The summed E-state index contributed by atoms with van der Waals surface area (Å²) in [4.78, 5) is 2.18. The number of hydrogen-bond donors (Lipinski definition) is 0. The average Bonchev–Trinajstić information content (AvgIpc) is 3.03. The summed E-state index contributed by atoms with van der Waals surface area (Å²) in [5.41, 5.74) is 1.81. The molecule has 2 aromatic carbocycles. The number of nitrogens with zero attached hydrogens (tertiary/aromatic N) is 2. The van der Waals surface area contributed by atoms with Crippen LogP contribution in [0.2, 0.25) is 0 Å². The summed E-state index contributed by atoms with van der Waals surface area (Å²) in [6, 6.07) is 15.2. The number of ether oxygens (including phenoxy) is 3. The van der Waals surface area contributed by atoms with Crippen LogP contribution in [0.4, 0.5) is 0 Å². The summed E-state index contributed by atoms with van der Waals surface area (Å²) in [5.74, 6) is 2.39. The Bertz CT molecular complexity index is 707. The van der Waals surface area contributed by atoms with Gasteiger partial charge in [-0.1, -0.05) is 6.07 Å². The smallest absolute Gasteiger partial charge is 0.231 e. The van der Waals surface area contributed by atoms with Crippen molar-refractivity contribution in [2.75, 3.05) is 27.0 Å². The van der Waals surface area contributed by atoms with E-state index in [0.29, 0.717) is 19.0 Å². The molecule has 0 fully saturated rings. The third kappa shape index (κ3) is 3.93. The fourth-order valence-corrected chi connectivity index (χ4v) is 2.38. The Morgan fingerprint density at radius 2 is 1.91 bits per heavy atom. The first kappa shape index (κ1) is 15.2. The molecule has 5 heteroatoms. The summed E-state index contributed by atoms with van der Waals surface area (Å²) in [6.07, 6.45) is 0. The van der Waals surface area contributed by atoms with Crippen molar-refractivity contribution in [3.8, 4) is 23.3 Å². The van der Waals surface area contributed by atoms with Gasteiger partial charge in [-0.2, -0.15) is 5.26 Å². The maximum atomic E-state index is 8.76. The molecule has 1 aliphatic heterocycles. The molecule has 0 aromatic heterocycles. The summed E-state index contributed by atoms with van der Waals surface area (Å²) < 4.78 is 16.4. The predicted octanol–water partition coefficient (Wildman–Crippen LogP) is 2.80. The molecule has 0 bridgehead atoms. The zero-order chi connectivity index (χ0) is 16.1. The molecule has 0 atom stereocenters. The molecule has 0 amide bonds. The van der Waals surface area contributed by atoms with E-state index in [1.165, 1.54) is 5.56 Å². The standard InChI is InChI=1S/C18H18N2O3/c1-20(8-9-21-16-5-2-14(11-19)3-6-16)12-15-4-7-17-18(10-15)23-13-22-17/h2-7,10H,8-9,12-13H2,1H3. The van der Waals surface area contributed by atoms with E-state index in [1.54, 1.807) is 12.1 Å². The second-order valence-electron chi connectivity index (χ2n) is 5.41. The van der Waals surface area contributed by atoms with E-state index >= 15 is 0 Å². The Hall–Kier alpha value is -2.71. The number of likely N-dealkylation sites (N-methyl/N-ethyl adjacent to an activating group) is 1. The van der Waals surface area contributed by atoms with Gasteiger partial charge in [-0.15, -0.1) is 0 Å². The first-order chi connectivity index (χ1) is 11.2. The lowest BCUT2D eigenvalue weighted by molar-refractivity contribution is 0.174. The van der Waals surface area contributed by atoms with Crippen LogP contribution in [0.25, 0.3) is 0 Å². The highest BCUT2D eigenvalue weighted by Crippen LogP contribution is 2.32. The lowest BCUT2D eigenvalue weighted by Gasteiger charge is -2.17. The molecule has 1 heterocycles. The fraction of sp³-hybridized carbons (Fsp3) is 0.278. The largest absolute Gasteiger partial charge is 0.492 e. The third-order valence-electron chi connectivity index (χ3n) is 3.61. The monoisotopic (exact) mass is 310 g/mol. The Kier molecular flexibility index (Phi) is 4.65. The number of rotatable bonds is 6. The van der Waals surface area contributed by atoms with Gasteiger partial charge in [0.2, 0.25) is 6.79 Å². The van der Waals surface area contributed by atoms with Gasteiger partial charge >= 0.3 is 0 Å². The number of nitriles is 1. The molecule has 0 spiro atoms. The van der Waals surface area contributed by atoms with Crippen molar-refractivity contribution in [2.24, 2.45) is 0 Å². The number of hydrogen-bond acceptors (Lipinski definition) is 5. The molecule has 5 nitrogen and oxygen atoms in total. The normalized spacial score (nSPS) is 12.2. The van der Waals surface area contributed by atoms with Gasteiger partial charge in [0.05, 0.1) is 11.6 Å². The predicted molar refractivity (Wildman–Crippen MR) is 85.6 cm³/mol. The number of fused-ring (bicyclic) bond motifs is 1. The maximum absolute atomic E-state index is 8.76. The molecule has 0 N–H and O–H groups in total. The second kappa shape index (κ2) is 7.03. The van der Waals surface area contributed by atoms with E-state index in [-0.39, 0.29) is 0 Å². The molecule has 23 heavy (non-hydrogen) atoms. The van der Waals surface area contributed by atoms with Crippen molar-refractivity contribution in [2.45, 2.75) is 6.54 Å². The zero-order valence-electron chi connectivity index (χ0n) is 13.0. The van der Waals surface area contributed by atoms with E-state index in [4.69, 9.17) is 19.5 Å². The van der Waals surface area contributed by atoms with Gasteiger partial charge in [-0.25, -0.2) is 0 Å². The van der Waals surface area contributed by atoms with Crippen LogP contribution in [0.15, 0.2) is 42.5 Å². The van der Waals surface area contributed by atoms with E-state index in [2.05, 4.69) is 11.0 Å². The zero-order valence-corrected chi connectivity index (χ0v) is 13.0. The summed E-state index contributed by atoms with van der Waals surface area (Å²) in [6.45, 7) is 2.50. The molecule has 0 unspecified atom stereocenters. The van der Waals surface area contributed by atoms with Gasteiger partial charge in [0.1, 0.15) is 12.4 Å². The molecule has 0 saturated heterocycles. The molecule has 0 radical (unpaired) electrons. The van der Waals surface area contributed by atoms with E-state index in [0.717, 1.165) is 30.3 Å². The molecular weight excluding hydrogens is 292 g/mol. The minimum absolute atomic E-state index is 0.299. The van der Waals surface area contributed by atoms with Crippen LogP contribution >= 0.6 is 0 Å². The van der Waals surface area contributed by atoms with Crippen LogP contribution in [0.3, 0.4) is 0 Å². The van der Waals surface area contributed by atoms with Gasteiger partial charge in [0.15, 0.2) is 11.5 Å². The van der Waals surface area contributed by atoms with E-state index in [1.807, 2.05) is 37.4 Å². The van der Waals surface area contributed by atoms with E-state index < -0.39 is 0 Å². The average molecular weight is 310 g/mol. The van der Waals surface area contributed by atoms with Gasteiger partial charge in [0.25, 0.3) is 0 Å². The molecule has 2 aromatic rings. The molecule has 1 aliphatic rings. The Balaban J connectivity index is 1.46. The highest BCUT2D eigenvalue weighted by molar-refractivity contribution is 5.44. The van der Waals surface area contributed by atoms with Crippen molar-refractivity contribution in [1.82, 2.24) is 4.90 Å². The summed E-state index contributed by atoms with van der Waals surface area (Å²) >= 11 is 0. The van der Waals surface area contributed by atoms with Gasteiger partial charge in [-0.3, -0.25) is 4.90 Å². The van der Waals surface area contributed by atoms with Crippen LogP contribution in [-0.4, -0.2) is 31.9 Å². The van der Waals surface area contributed by atoms with Crippen LogP contribution in [-0.2, 0) is 6.54 Å². The Labute approximate surface area is 135 Å². The first-order valence-electron chi connectivity index (χ1n) is 7.44. The van der Waals surface area contributed by atoms with Gasteiger partial charge in [0, 0.05) is 13.1 Å². The Morgan fingerprint density at radius 3 is 2.70 bits per heavy atom. The van der Waals surface area contributed by atoms with Crippen molar-refractivity contribution in [1.29, 1.82) is 5.26 Å². The first-order valence-corrected chi connectivity index (χ1v) is 7.44. The highest BCUT2D eigenvalue weighted by atomic mass is 16.7. The Morgan fingerprint density at radius 1 is 1.13 bits per heavy atom. The van der Waals surface area contributed by atoms with Crippen LogP contribution < -0.4 is 14.2 Å². The van der Waals surface area contributed by atoms with Crippen molar-refractivity contribution >= 4 is 0 Å². The second-order valence-corrected chi connectivity index (χ2v) is 5.41. The third-order valence-corrected chi connectivity index (χ3v) is 3.61. The minimum atomic E-state index is 0.299. The van der Waals surface area contributed by atoms with Gasteiger partial charge in [-0.05, 0) is 49.0 Å². The van der Waals surface area contributed by atoms with Crippen molar-refractivity contribution in [3.63, 3.8) is 0 Å². The lowest BCUT2D eigenvalue weighted by atomic mass is 10.2. The van der Waals surface area contributed by atoms with Crippen molar-refractivity contribution < 1.29 is 14.2 Å². The fourth-order valence-electron chi connectivity index (χ4n) is 2.38.